The molecule has 1 aliphatic rings. The summed E-state index contributed by atoms with van der Waals surface area (Å²) in [6, 6.07) is 26.0. The van der Waals surface area contributed by atoms with Crippen LogP contribution in [0.1, 0.15) is 41.1 Å². The van der Waals surface area contributed by atoms with Gasteiger partial charge in [-0.15, -0.1) is 0 Å². The molecule has 0 saturated heterocycles. The van der Waals surface area contributed by atoms with Crippen LogP contribution in [0.2, 0.25) is 0 Å². The molecule has 0 fully saturated rings. The summed E-state index contributed by atoms with van der Waals surface area (Å²) in [7, 11) is 1.60. The molecule has 4 rings (SSSR count). The molecule has 1 atom stereocenters. The van der Waals surface area contributed by atoms with Gasteiger partial charge in [0.05, 0.1) is 30.5 Å². The number of hydrazone groups is 1. The van der Waals surface area contributed by atoms with E-state index in [2.05, 4.69) is 11.2 Å². The third-order valence-electron chi connectivity index (χ3n) is 5.83. The minimum atomic E-state index is -0.463. The summed E-state index contributed by atoms with van der Waals surface area (Å²) in [6.45, 7) is -0.384. The number of carbonyl (C=O) groups excluding carboxylic acids is 2. The van der Waals surface area contributed by atoms with Crippen molar-refractivity contribution in [3.8, 4) is 11.8 Å². The smallest absolute Gasteiger partial charge is 0.306 e. The molecule has 1 unspecified atom stereocenters. The van der Waals surface area contributed by atoms with Crippen molar-refractivity contribution >= 4 is 17.6 Å². The Bertz CT molecular complexity index is 1250. The molecule has 0 radical (unpaired) electrons. The van der Waals surface area contributed by atoms with E-state index in [1.165, 1.54) is 5.01 Å². The van der Waals surface area contributed by atoms with E-state index in [9.17, 15) is 9.59 Å². The zero-order valence-electron chi connectivity index (χ0n) is 19.4. The molecule has 176 valence electrons. The van der Waals surface area contributed by atoms with Crippen molar-refractivity contribution in [2.45, 2.75) is 25.3 Å². The van der Waals surface area contributed by atoms with Crippen LogP contribution in [0.5, 0.6) is 5.75 Å². The Hall–Kier alpha value is -4.44. The standard InChI is InChI=1S/C28H25N3O4/c1-34-24-14-12-23(13-15-24)26-17-25(22-5-3-2-4-6-22)30-31(26)27(32)19-35-28(33)16-11-20-7-9-21(18-29)10-8-20/h2-10,12-15,26H,11,16-17,19H2,1H3. The number of methoxy groups -OCH3 is 1. The fraction of sp³-hybridized carbons (Fsp3) is 0.214. The number of nitrogens with zero attached hydrogens (tertiary/aromatic N) is 3. The maximum atomic E-state index is 13.1. The third-order valence-corrected chi connectivity index (χ3v) is 5.83. The molecule has 0 spiro atoms. The van der Waals surface area contributed by atoms with E-state index in [-0.39, 0.29) is 25.0 Å². The first-order chi connectivity index (χ1) is 17.1. The van der Waals surface area contributed by atoms with Gasteiger partial charge in [0.15, 0.2) is 6.61 Å². The first-order valence-corrected chi connectivity index (χ1v) is 11.3. The van der Waals surface area contributed by atoms with Crippen LogP contribution >= 0.6 is 0 Å². The van der Waals surface area contributed by atoms with E-state index in [1.54, 1.807) is 31.4 Å². The highest BCUT2D eigenvalue weighted by Crippen LogP contribution is 2.33. The predicted molar refractivity (Wildman–Crippen MR) is 131 cm³/mol. The predicted octanol–water partition coefficient (Wildman–Crippen LogP) is 4.42. The lowest BCUT2D eigenvalue weighted by atomic mass is 9.98. The van der Waals surface area contributed by atoms with Gasteiger partial charge in [0.25, 0.3) is 5.91 Å². The van der Waals surface area contributed by atoms with Crippen LogP contribution in [0, 0.1) is 11.3 Å². The number of aryl methyl sites for hydroxylation is 1. The maximum Gasteiger partial charge on any atom is 0.306 e. The summed E-state index contributed by atoms with van der Waals surface area (Å²) in [4.78, 5) is 25.3. The van der Waals surface area contributed by atoms with Crippen molar-refractivity contribution in [3.05, 3.63) is 101 Å². The van der Waals surface area contributed by atoms with Crippen LogP contribution in [-0.2, 0) is 20.7 Å². The van der Waals surface area contributed by atoms with Crippen molar-refractivity contribution in [3.63, 3.8) is 0 Å². The fourth-order valence-corrected chi connectivity index (χ4v) is 3.90. The van der Waals surface area contributed by atoms with E-state index in [1.807, 2.05) is 54.6 Å². The van der Waals surface area contributed by atoms with Gasteiger partial charge in [0.1, 0.15) is 5.75 Å². The molecule has 35 heavy (non-hydrogen) atoms. The summed E-state index contributed by atoms with van der Waals surface area (Å²) >= 11 is 0. The molecule has 0 saturated carbocycles. The van der Waals surface area contributed by atoms with Gasteiger partial charge in [0, 0.05) is 12.8 Å². The molecule has 7 heteroatoms. The van der Waals surface area contributed by atoms with Gasteiger partial charge in [-0.05, 0) is 47.4 Å². The van der Waals surface area contributed by atoms with Crippen LogP contribution in [0.15, 0.2) is 84.0 Å². The Morgan fingerprint density at radius 1 is 1.03 bits per heavy atom. The molecule has 1 amide bonds. The number of carbonyl (C=O) groups is 2. The van der Waals surface area contributed by atoms with Gasteiger partial charge >= 0.3 is 5.97 Å². The molecule has 0 bridgehead atoms. The molecular weight excluding hydrogens is 442 g/mol. The van der Waals surface area contributed by atoms with Crippen molar-refractivity contribution in [1.82, 2.24) is 5.01 Å². The second-order valence-electron chi connectivity index (χ2n) is 8.11. The molecule has 0 aliphatic carbocycles. The Morgan fingerprint density at radius 2 is 1.74 bits per heavy atom. The Labute approximate surface area is 204 Å². The number of esters is 1. The summed E-state index contributed by atoms with van der Waals surface area (Å²) in [5.74, 6) is -0.122. The lowest BCUT2D eigenvalue weighted by Crippen LogP contribution is -2.31. The summed E-state index contributed by atoms with van der Waals surface area (Å²) in [5, 5.41) is 14.9. The molecule has 0 aromatic heterocycles. The Morgan fingerprint density at radius 3 is 2.40 bits per heavy atom. The summed E-state index contributed by atoms with van der Waals surface area (Å²) in [5.41, 5.74) is 4.14. The zero-order chi connectivity index (χ0) is 24.6. The second-order valence-corrected chi connectivity index (χ2v) is 8.11. The van der Waals surface area contributed by atoms with Crippen LogP contribution in [-0.4, -0.2) is 36.3 Å². The highest BCUT2D eigenvalue weighted by Gasteiger charge is 2.33. The van der Waals surface area contributed by atoms with E-state index in [4.69, 9.17) is 14.7 Å². The summed E-state index contributed by atoms with van der Waals surface area (Å²) in [6.07, 6.45) is 1.15. The highest BCUT2D eigenvalue weighted by atomic mass is 16.5. The molecule has 7 nitrogen and oxygen atoms in total. The van der Waals surface area contributed by atoms with Gasteiger partial charge in [-0.2, -0.15) is 10.4 Å². The van der Waals surface area contributed by atoms with E-state index < -0.39 is 5.97 Å². The van der Waals surface area contributed by atoms with E-state index in [0.29, 0.717) is 18.4 Å². The number of benzene rings is 3. The third kappa shape index (κ3) is 5.92. The van der Waals surface area contributed by atoms with Crippen LogP contribution in [0.4, 0.5) is 0 Å². The first kappa shape index (κ1) is 23.7. The van der Waals surface area contributed by atoms with Gasteiger partial charge in [-0.1, -0.05) is 54.6 Å². The average Bonchev–Trinajstić information content (AvgIpc) is 3.37. The normalized spacial score (nSPS) is 14.7. The van der Waals surface area contributed by atoms with Gasteiger partial charge in [-0.3, -0.25) is 9.59 Å². The molecular formula is C28H25N3O4. The molecule has 3 aromatic carbocycles. The van der Waals surface area contributed by atoms with Gasteiger partial charge in [0.2, 0.25) is 0 Å². The molecule has 3 aromatic rings. The van der Waals surface area contributed by atoms with Crippen molar-refractivity contribution < 1.29 is 19.1 Å². The van der Waals surface area contributed by atoms with Gasteiger partial charge < -0.3 is 9.47 Å². The molecule has 0 N–H and O–H groups in total. The first-order valence-electron chi connectivity index (χ1n) is 11.3. The minimum absolute atomic E-state index is 0.139. The monoisotopic (exact) mass is 467 g/mol. The number of rotatable bonds is 8. The van der Waals surface area contributed by atoms with Crippen LogP contribution in [0.3, 0.4) is 0 Å². The van der Waals surface area contributed by atoms with Crippen molar-refractivity contribution in [2.24, 2.45) is 5.10 Å². The molecule has 1 heterocycles. The number of amides is 1. The lowest BCUT2D eigenvalue weighted by Gasteiger charge is -2.22. The average molecular weight is 468 g/mol. The van der Waals surface area contributed by atoms with Crippen LogP contribution in [0.25, 0.3) is 0 Å². The Balaban J connectivity index is 1.41. The van der Waals surface area contributed by atoms with E-state index in [0.717, 1.165) is 28.2 Å². The number of nitriles is 1. The second kappa shape index (κ2) is 11.1. The number of hydrogen-bond acceptors (Lipinski definition) is 6. The Kier molecular flexibility index (Phi) is 7.53. The van der Waals surface area contributed by atoms with Crippen molar-refractivity contribution in [1.29, 1.82) is 5.26 Å². The van der Waals surface area contributed by atoms with Gasteiger partial charge in [-0.25, -0.2) is 5.01 Å². The van der Waals surface area contributed by atoms with E-state index >= 15 is 0 Å². The molecule has 1 aliphatic heterocycles. The minimum Gasteiger partial charge on any atom is -0.497 e. The highest BCUT2D eigenvalue weighted by molar-refractivity contribution is 6.03. The topological polar surface area (TPSA) is 92.0 Å². The quantitative estimate of drug-likeness (QED) is 0.457. The van der Waals surface area contributed by atoms with Crippen molar-refractivity contribution in [2.75, 3.05) is 13.7 Å². The number of hydrogen-bond donors (Lipinski definition) is 0. The summed E-state index contributed by atoms with van der Waals surface area (Å²) < 4.78 is 10.5. The lowest BCUT2D eigenvalue weighted by molar-refractivity contribution is -0.152. The number of ether oxygens (including phenoxy) is 2. The largest absolute Gasteiger partial charge is 0.497 e. The SMILES string of the molecule is COc1ccc(C2CC(c3ccccc3)=NN2C(=O)COC(=O)CCc2ccc(C#N)cc2)cc1. The maximum absolute atomic E-state index is 13.1. The van der Waals surface area contributed by atoms with Crippen LogP contribution < -0.4 is 4.74 Å². The zero-order valence-corrected chi connectivity index (χ0v) is 19.4. The fourth-order valence-electron chi connectivity index (χ4n) is 3.90.